The molecule has 0 amide bonds. The zero-order valence-electron chi connectivity index (χ0n) is 15.8. The number of nitrogens with zero attached hydrogens (tertiary/aromatic N) is 5. The first-order valence-corrected chi connectivity index (χ1v) is 10.4. The highest BCUT2D eigenvalue weighted by Crippen LogP contribution is 2.26. The van der Waals surface area contributed by atoms with Crippen LogP contribution in [0.5, 0.6) is 0 Å². The maximum atomic E-state index is 13.2. The molecule has 6 nitrogen and oxygen atoms in total. The maximum Gasteiger partial charge on any atom is 0.281 e. The highest BCUT2D eigenvalue weighted by atomic mass is 32.1. The summed E-state index contributed by atoms with van der Waals surface area (Å²) in [6, 6.07) is 10.3. The topological polar surface area (TPSA) is 54.3 Å². The van der Waals surface area contributed by atoms with Gasteiger partial charge in [-0.15, -0.1) is 11.3 Å². The van der Waals surface area contributed by atoms with Crippen LogP contribution in [0.1, 0.15) is 30.8 Å². The Labute approximate surface area is 163 Å². The normalized spacial score (nSPS) is 17.4. The highest BCUT2D eigenvalue weighted by molar-refractivity contribution is 7.16. The second kappa shape index (κ2) is 7.88. The zero-order valence-corrected chi connectivity index (χ0v) is 16.7. The molecule has 3 aromatic rings. The Hall–Kier alpha value is -2.09. The van der Waals surface area contributed by atoms with E-state index in [1.807, 2.05) is 22.8 Å². The Morgan fingerprint density at radius 1 is 1.15 bits per heavy atom. The van der Waals surface area contributed by atoms with Gasteiger partial charge >= 0.3 is 0 Å². The molecule has 1 unspecified atom stereocenters. The van der Waals surface area contributed by atoms with Crippen LogP contribution in [0.3, 0.4) is 0 Å². The summed E-state index contributed by atoms with van der Waals surface area (Å²) < 4.78 is 1.84. The fourth-order valence-electron chi connectivity index (χ4n) is 3.77. The third kappa shape index (κ3) is 3.67. The second-order valence-electron chi connectivity index (χ2n) is 7.12. The lowest BCUT2D eigenvalue weighted by atomic mass is 10.1. The van der Waals surface area contributed by atoms with Crippen molar-refractivity contribution in [3.63, 3.8) is 0 Å². The number of benzene rings is 1. The van der Waals surface area contributed by atoms with Gasteiger partial charge in [0.25, 0.3) is 5.56 Å². The molecule has 0 bridgehead atoms. The van der Waals surface area contributed by atoms with Crippen LogP contribution in [-0.4, -0.2) is 57.6 Å². The van der Waals surface area contributed by atoms with Crippen molar-refractivity contribution in [3.8, 4) is 0 Å². The number of thiazole rings is 1. The molecule has 0 N–H and O–H groups in total. The average molecular weight is 384 g/mol. The molecule has 2 aromatic heterocycles. The van der Waals surface area contributed by atoms with Gasteiger partial charge in [0.1, 0.15) is 5.82 Å². The molecular formula is C20H25N5OS. The molecule has 3 heterocycles. The fourth-order valence-corrected chi connectivity index (χ4v) is 4.43. The van der Waals surface area contributed by atoms with E-state index in [0.717, 1.165) is 48.8 Å². The van der Waals surface area contributed by atoms with E-state index in [4.69, 9.17) is 4.98 Å². The Morgan fingerprint density at radius 2 is 1.89 bits per heavy atom. The number of rotatable bonds is 5. The fraction of sp³-hybridized carbons (Fsp3) is 0.450. The van der Waals surface area contributed by atoms with E-state index in [1.165, 1.54) is 11.3 Å². The predicted octanol–water partition coefficient (Wildman–Crippen LogP) is 2.60. The van der Waals surface area contributed by atoms with Gasteiger partial charge in [-0.3, -0.25) is 14.3 Å². The van der Waals surface area contributed by atoms with Crippen molar-refractivity contribution in [1.82, 2.24) is 24.3 Å². The SMILES string of the molecule is CCC(c1nc2scnc2c(=O)n1Cc1ccccc1)N1CCN(C)CC1. The number of piperazine rings is 1. The molecule has 1 aliphatic rings. The predicted molar refractivity (Wildman–Crippen MR) is 109 cm³/mol. The van der Waals surface area contributed by atoms with Gasteiger partial charge in [0.05, 0.1) is 18.1 Å². The minimum atomic E-state index is -0.0346. The molecule has 4 rings (SSSR count). The van der Waals surface area contributed by atoms with Crippen LogP contribution in [0.4, 0.5) is 0 Å². The lowest BCUT2D eigenvalue weighted by Gasteiger charge is -2.37. The van der Waals surface area contributed by atoms with Gasteiger partial charge in [0.2, 0.25) is 0 Å². The van der Waals surface area contributed by atoms with Gasteiger partial charge in [0, 0.05) is 26.2 Å². The summed E-state index contributed by atoms with van der Waals surface area (Å²) in [5, 5.41) is 0. The highest BCUT2D eigenvalue weighted by Gasteiger charge is 2.27. The number of aromatic nitrogens is 3. The van der Waals surface area contributed by atoms with Gasteiger partial charge in [-0.05, 0) is 19.0 Å². The summed E-state index contributed by atoms with van der Waals surface area (Å²) >= 11 is 1.44. The molecule has 0 aliphatic carbocycles. The minimum Gasteiger partial charge on any atom is -0.304 e. The summed E-state index contributed by atoms with van der Waals surface area (Å²) in [5.74, 6) is 0.868. The largest absolute Gasteiger partial charge is 0.304 e. The summed E-state index contributed by atoms with van der Waals surface area (Å²) in [6.07, 6.45) is 0.926. The summed E-state index contributed by atoms with van der Waals surface area (Å²) in [7, 11) is 2.16. The van der Waals surface area contributed by atoms with Crippen LogP contribution in [0.2, 0.25) is 0 Å². The average Bonchev–Trinajstić information content (AvgIpc) is 3.16. The Kier molecular flexibility index (Phi) is 5.33. The van der Waals surface area contributed by atoms with Gasteiger partial charge < -0.3 is 4.90 Å². The molecule has 142 valence electrons. The van der Waals surface area contributed by atoms with E-state index in [0.29, 0.717) is 12.1 Å². The van der Waals surface area contributed by atoms with E-state index in [9.17, 15) is 4.79 Å². The van der Waals surface area contributed by atoms with Crippen LogP contribution in [-0.2, 0) is 6.54 Å². The quantitative estimate of drug-likeness (QED) is 0.678. The molecule has 0 saturated carbocycles. The molecule has 1 aliphatic heterocycles. The van der Waals surface area contributed by atoms with E-state index in [2.05, 4.69) is 40.9 Å². The summed E-state index contributed by atoms with van der Waals surface area (Å²) in [6.45, 7) is 6.79. The number of likely N-dealkylation sites (N-methyl/N-ethyl adjacent to an activating group) is 1. The van der Waals surface area contributed by atoms with Crippen LogP contribution < -0.4 is 5.56 Å². The molecule has 1 atom stereocenters. The van der Waals surface area contributed by atoms with Crippen LogP contribution in [0.25, 0.3) is 10.3 Å². The van der Waals surface area contributed by atoms with E-state index in [-0.39, 0.29) is 11.6 Å². The Morgan fingerprint density at radius 3 is 2.59 bits per heavy atom. The minimum absolute atomic E-state index is 0.0346. The molecule has 0 radical (unpaired) electrons. The number of hydrogen-bond donors (Lipinski definition) is 0. The molecule has 7 heteroatoms. The first kappa shape index (κ1) is 18.3. The van der Waals surface area contributed by atoms with Gasteiger partial charge in [-0.25, -0.2) is 9.97 Å². The molecule has 27 heavy (non-hydrogen) atoms. The first-order valence-electron chi connectivity index (χ1n) is 9.48. The van der Waals surface area contributed by atoms with Crippen molar-refractivity contribution >= 4 is 21.7 Å². The van der Waals surface area contributed by atoms with E-state index < -0.39 is 0 Å². The van der Waals surface area contributed by atoms with Crippen molar-refractivity contribution in [2.24, 2.45) is 0 Å². The molecule has 1 aromatic carbocycles. The smallest absolute Gasteiger partial charge is 0.281 e. The lowest BCUT2D eigenvalue weighted by Crippen LogP contribution is -2.47. The molecule has 0 spiro atoms. The Bertz CT molecular complexity index is 959. The lowest BCUT2D eigenvalue weighted by molar-refractivity contribution is 0.103. The first-order chi connectivity index (χ1) is 13.2. The van der Waals surface area contributed by atoms with Crippen LogP contribution >= 0.6 is 11.3 Å². The molecule has 1 saturated heterocycles. The standard InChI is InChI=1S/C20H25N5OS/c1-3-16(24-11-9-23(2)10-12-24)18-22-19-17(21-14-27-19)20(26)25(18)13-15-7-5-4-6-8-15/h4-8,14,16H,3,9-13H2,1-2H3. The van der Waals surface area contributed by atoms with E-state index >= 15 is 0 Å². The number of fused-ring (bicyclic) bond motifs is 1. The van der Waals surface area contributed by atoms with Gasteiger partial charge in [-0.1, -0.05) is 37.3 Å². The van der Waals surface area contributed by atoms with Crippen molar-refractivity contribution in [3.05, 3.63) is 57.6 Å². The zero-order chi connectivity index (χ0) is 18.8. The third-order valence-corrected chi connectivity index (χ3v) is 6.05. The van der Waals surface area contributed by atoms with Crippen molar-refractivity contribution < 1.29 is 0 Å². The molecule has 1 fully saturated rings. The Balaban J connectivity index is 1.79. The van der Waals surface area contributed by atoms with Crippen LogP contribution in [0, 0.1) is 0 Å². The molecular weight excluding hydrogens is 358 g/mol. The summed E-state index contributed by atoms with van der Waals surface area (Å²) in [5.41, 5.74) is 3.26. The van der Waals surface area contributed by atoms with Crippen LogP contribution in [0.15, 0.2) is 40.6 Å². The van der Waals surface area contributed by atoms with Crippen molar-refractivity contribution in [2.45, 2.75) is 25.9 Å². The third-order valence-electron chi connectivity index (χ3n) is 5.34. The van der Waals surface area contributed by atoms with E-state index in [1.54, 1.807) is 5.51 Å². The maximum absolute atomic E-state index is 13.2. The second-order valence-corrected chi connectivity index (χ2v) is 7.95. The monoisotopic (exact) mass is 383 g/mol. The summed E-state index contributed by atoms with van der Waals surface area (Å²) in [4.78, 5) is 28.0. The van der Waals surface area contributed by atoms with Gasteiger partial charge in [-0.2, -0.15) is 0 Å². The van der Waals surface area contributed by atoms with Crippen molar-refractivity contribution in [1.29, 1.82) is 0 Å². The van der Waals surface area contributed by atoms with Gasteiger partial charge in [0.15, 0.2) is 10.3 Å². The van der Waals surface area contributed by atoms with Crippen molar-refractivity contribution in [2.75, 3.05) is 33.2 Å². The number of hydrogen-bond acceptors (Lipinski definition) is 6.